The normalized spacial score (nSPS) is 19.4. The van der Waals surface area contributed by atoms with Crippen molar-refractivity contribution in [1.29, 1.82) is 0 Å². The van der Waals surface area contributed by atoms with Gasteiger partial charge < -0.3 is 10.0 Å². The lowest BCUT2D eigenvalue weighted by molar-refractivity contribution is -0.137. The molecule has 1 fully saturated rings. The molecule has 1 atom stereocenters. The van der Waals surface area contributed by atoms with E-state index in [1.54, 1.807) is 0 Å². The maximum atomic E-state index is 11.7. The summed E-state index contributed by atoms with van der Waals surface area (Å²) in [6.45, 7) is 0.245. The Kier molecular flexibility index (Phi) is 2.83. The highest BCUT2D eigenvalue weighted by atomic mass is 16.4. The van der Waals surface area contributed by atoms with Gasteiger partial charge in [-0.15, -0.1) is 12.3 Å². The topological polar surface area (TPSA) is 75.4 Å². The second-order valence-corrected chi connectivity index (χ2v) is 3.86. The van der Waals surface area contributed by atoms with E-state index >= 15 is 0 Å². The van der Waals surface area contributed by atoms with E-state index in [1.165, 1.54) is 22.0 Å². The van der Waals surface area contributed by atoms with Gasteiger partial charge in [0.1, 0.15) is 6.54 Å². The van der Waals surface area contributed by atoms with Gasteiger partial charge in [-0.1, -0.05) is 0 Å². The van der Waals surface area contributed by atoms with Crippen LogP contribution in [0.15, 0.2) is 12.4 Å². The number of hydrogen-bond acceptors (Lipinski definition) is 3. The Bertz CT molecular complexity index is 500. The zero-order valence-electron chi connectivity index (χ0n) is 9.04. The van der Waals surface area contributed by atoms with Crippen LogP contribution in [0.1, 0.15) is 6.42 Å². The lowest BCUT2D eigenvalue weighted by Gasteiger charge is -2.12. The van der Waals surface area contributed by atoms with Crippen LogP contribution in [-0.4, -0.2) is 33.3 Å². The van der Waals surface area contributed by atoms with Crippen LogP contribution < -0.4 is 4.90 Å². The lowest BCUT2D eigenvalue weighted by Crippen LogP contribution is -2.23. The summed E-state index contributed by atoms with van der Waals surface area (Å²) in [5, 5.41) is 12.5. The molecule has 17 heavy (non-hydrogen) atoms. The van der Waals surface area contributed by atoms with Crippen LogP contribution in [0.3, 0.4) is 0 Å². The number of carbonyl (C=O) groups excluding carboxylic acids is 1. The number of carboxylic acid groups (broad SMARTS) is 1. The SMILES string of the molecule is C#CC1CC(=O)N(c2cnn(CC(=O)O)c2)C1. The first-order valence-electron chi connectivity index (χ1n) is 5.11. The van der Waals surface area contributed by atoms with Crippen molar-refractivity contribution in [3.8, 4) is 12.3 Å². The quantitative estimate of drug-likeness (QED) is 0.743. The monoisotopic (exact) mass is 233 g/mol. The first-order chi connectivity index (χ1) is 8.10. The average molecular weight is 233 g/mol. The summed E-state index contributed by atoms with van der Waals surface area (Å²) in [6.07, 6.45) is 8.62. The van der Waals surface area contributed by atoms with E-state index in [0.29, 0.717) is 18.7 Å². The molecule has 1 aliphatic heterocycles. The smallest absolute Gasteiger partial charge is 0.325 e. The van der Waals surface area contributed by atoms with E-state index in [1.807, 2.05) is 0 Å². The van der Waals surface area contributed by atoms with E-state index in [-0.39, 0.29) is 18.4 Å². The van der Waals surface area contributed by atoms with E-state index < -0.39 is 5.97 Å². The fraction of sp³-hybridized carbons (Fsp3) is 0.364. The molecule has 2 rings (SSSR count). The second kappa shape index (κ2) is 4.29. The number of anilines is 1. The van der Waals surface area contributed by atoms with E-state index in [0.717, 1.165) is 0 Å². The molecule has 0 spiro atoms. The zero-order valence-corrected chi connectivity index (χ0v) is 9.04. The molecule has 6 nitrogen and oxygen atoms in total. The molecule has 1 N–H and O–H groups in total. The van der Waals surface area contributed by atoms with Gasteiger partial charge in [0.05, 0.1) is 11.9 Å². The Morgan fingerprint density at radius 1 is 1.71 bits per heavy atom. The van der Waals surface area contributed by atoms with Gasteiger partial charge in [0.2, 0.25) is 5.91 Å². The van der Waals surface area contributed by atoms with Crippen molar-refractivity contribution in [3.05, 3.63) is 12.4 Å². The van der Waals surface area contributed by atoms with Gasteiger partial charge in [-0.2, -0.15) is 5.10 Å². The largest absolute Gasteiger partial charge is 0.480 e. The van der Waals surface area contributed by atoms with Gasteiger partial charge in [-0.3, -0.25) is 14.3 Å². The van der Waals surface area contributed by atoms with Crippen LogP contribution in [0.4, 0.5) is 5.69 Å². The van der Waals surface area contributed by atoms with Crippen molar-refractivity contribution in [2.45, 2.75) is 13.0 Å². The predicted molar refractivity (Wildman–Crippen MR) is 59.2 cm³/mol. The molecule has 6 heteroatoms. The third-order valence-electron chi connectivity index (χ3n) is 2.59. The van der Waals surface area contributed by atoms with Gasteiger partial charge in [0, 0.05) is 25.1 Å². The number of aromatic nitrogens is 2. The molecule has 1 aromatic rings. The molecule has 0 radical (unpaired) electrons. The molecule has 1 aliphatic rings. The Labute approximate surface area is 97.8 Å². The van der Waals surface area contributed by atoms with Crippen LogP contribution in [0.5, 0.6) is 0 Å². The molecule has 0 bridgehead atoms. The van der Waals surface area contributed by atoms with Gasteiger partial charge in [0.25, 0.3) is 0 Å². The summed E-state index contributed by atoms with van der Waals surface area (Å²) in [4.78, 5) is 23.7. The van der Waals surface area contributed by atoms with Crippen LogP contribution in [0, 0.1) is 18.3 Å². The van der Waals surface area contributed by atoms with Crippen molar-refractivity contribution in [2.24, 2.45) is 5.92 Å². The van der Waals surface area contributed by atoms with Crippen LogP contribution in [0.25, 0.3) is 0 Å². The molecule has 0 aliphatic carbocycles. The fourth-order valence-corrected chi connectivity index (χ4v) is 1.79. The number of hydrogen-bond donors (Lipinski definition) is 1. The highest BCUT2D eigenvalue weighted by molar-refractivity contribution is 5.95. The van der Waals surface area contributed by atoms with Crippen molar-refractivity contribution in [1.82, 2.24) is 9.78 Å². The van der Waals surface area contributed by atoms with E-state index in [4.69, 9.17) is 11.5 Å². The van der Waals surface area contributed by atoms with Crippen molar-refractivity contribution >= 4 is 17.6 Å². The standard InChI is InChI=1S/C11H11N3O3/c1-2-8-3-10(15)14(5-8)9-4-12-13(6-9)7-11(16)17/h1,4,6,8H,3,5,7H2,(H,16,17). The summed E-state index contributed by atoms with van der Waals surface area (Å²) in [6, 6.07) is 0. The maximum absolute atomic E-state index is 11.7. The molecular formula is C11H11N3O3. The predicted octanol–water partition coefficient (Wildman–Crippen LogP) is -0.0462. The minimum Gasteiger partial charge on any atom is -0.480 e. The Morgan fingerprint density at radius 3 is 3.06 bits per heavy atom. The Morgan fingerprint density at radius 2 is 2.47 bits per heavy atom. The van der Waals surface area contributed by atoms with Crippen LogP contribution in [0.2, 0.25) is 0 Å². The number of aliphatic carboxylic acids is 1. The molecule has 1 unspecified atom stereocenters. The molecule has 1 saturated heterocycles. The van der Waals surface area contributed by atoms with Crippen molar-refractivity contribution < 1.29 is 14.7 Å². The van der Waals surface area contributed by atoms with Crippen LogP contribution in [-0.2, 0) is 16.1 Å². The number of nitrogens with zero attached hydrogens (tertiary/aromatic N) is 3. The highest BCUT2D eigenvalue weighted by Crippen LogP contribution is 2.23. The molecular weight excluding hydrogens is 222 g/mol. The minimum absolute atomic E-state index is 0.0529. The summed E-state index contributed by atoms with van der Waals surface area (Å²) in [7, 11) is 0. The first kappa shape index (κ1) is 11.2. The Hall–Kier alpha value is -2.29. The van der Waals surface area contributed by atoms with Gasteiger partial charge >= 0.3 is 5.97 Å². The van der Waals surface area contributed by atoms with Crippen molar-refractivity contribution in [3.63, 3.8) is 0 Å². The molecule has 0 saturated carbocycles. The minimum atomic E-state index is -0.978. The number of terminal acetylenes is 1. The van der Waals surface area contributed by atoms with E-state index in [9.17, 15) is 9.59 Å². The molecule has 88 valence electrons. The van der Waals surface area contributed by atoms with Gasteiger partial charge in [0.15, 0.2) is 0 Å². The summed E-state index contributed by atoms with van der Waals surface area (Å²) in [5.74, 6) is 1.44. The van der Waals surface area contributed by atoms with Gasteiger partial charge in [-0.25, -0.2) is 0 Å². The molecule has 1 amide bonds. The second-order valence-electron chi connectivity index (χ2n) is 3.86. The van der Waals surface area contributed by atoms with Gasteiger partial charge in [-0.05, 0) is 0 Å². The highest BCUT2D eigenvalue weighted by Gasteiger charge is 2.30. The number of rotatable bonds is 3. The molecule has 2 heterocycles. The summed E-state index contributed by atoms with van der Waals surface area (Å²) < 4.78 is 1.27. The van der Waals surface area contributed by atoms with Crippen molar-refractivity contribution in [2.75, 3.05) is 11.4 Å². The lowest BCUT2D eigenvalue weighted by atomic mass is 10.1. The molecule has 1 aromatic heterocycles. The average Bonchev–Trinajstić information content (AvgIpc) is 2.83. The van der Waals surface area contributed by atoms with E-state index in [2.05, 4.69) is 11.0 Å². The summed E-state index contributed by atoms with van der Waals surface area (Å²) >= 11 is 0. The third-order valence-corrected chi connectivity index (χ3v) is 2.59. The first-order valence-corrected chi connectivity index (χ1v) is 5.11. The number of carboxylic acids is 1. The number of amides is 1. The summed E-state index contributed by atoms with van der Waals surface area (Å²) in [5.41, 5.74) is 0.592. The fourth-order valence-electron chi connectivity index (χ4n) is 1.79. The zero-order chi connectivity index (χ0) is 12.4. The maximum Gasteiger partial charge on any atom is 0.325 e. The third kappa shape index (κ3) is 2.28. The molecule has 0 aromatic carbocycles. The van der Waals surface area contributed by atoms with Crippen LogP contribution >= 0.6 is 0 Å². The number of carbonyl (C=O) groups is 2. The Balaban J connectivity index is 2.13.